The van der Waals surface area contributed by atoms with Gasteiger partial charge in [-0.05, 0) is 45.1 Å². The van der Waals surface area contributed by atoms with Gasteiger partial charge in [0, 0.05) is 25.2 Å². The average molecular weight is 268 g/mol. The predicted octanol–water partition coefficient (Wildman–Crippen LogP) is 2.39. The Balaban J connectivity index is 1.89. The SMILES string of the molecule is CC(C)NCC(C)(O)CN1CCC[C@H]2CCCC[C@H]21. The Labute approximate surface area is 118 Å². The van der Waals surface area contributed by atoms with Gasteiger partial charge in [0.05, 0.1) is 5.60 Å². The zero-order chi connectivity index (χ0) is 13.9. The third-order valence-corrected chi connectivity index (χ3v) is 4.79. The lowest BCUT2D eigenvalue weighted by atomic mass is 9.78. The van der Waals surface area contributed by atoms with Crippen LogP contribution in [0.3, 0.4) is 0 Å². The van der Waals surface area contributed by atoms with Crippen molar-refractivity contribution < 1.29 is 5.11 Å². The van der Waals surface area contributed by atoms with Crippen molar-refractivity contribution in [2.75, 3.05) is 19.6 Å². The van der Waals surface area contributed by atoms with E-state index in [1.165, 1.54) is 45.1 Å². The number of likely N-dealkylation sites (tertiary alicyclic amines) is 1. The molecule has 1 unspecified atom stereocenters. The van der Waals surface area contributed by atoms with Gasteiger partial charge >= 0.3 is 0 Å². The normalized spacial score (nSPS) is 32.1. The zero-order valence-corrected chi connectivity index (χ0v) is 13.0. The van der Waals surface area contributed by atoms with Crippen molar-refractivity contribution in [2.24, 2.45) is 5.92 Å². The highest BCUT2D eigenvalue weighted by Gasteiger charge is 2.36. The second-order valence-corrected chi connectivity index (χ2v) is 7.26. The van der Waals surface area contributed by atoms with Gasteiger partial charge in [0.25, 0.3) is 0 Å². The molecule has 0 aromatic carbocycles. The van der Waals surface area contributed by atoms with Crippen LogP contribution in [0.25, 0.3) is 0 Å². The maximum Gasteiger partial charge on any atom is 0.0869 e. The summed E-state index contributed by atoms with van der Waals surface area (Å²) in [6.07, 6.45) is 8.28. The fraction of sp³-hybridized carbons (Fsp3) is 1.00. The molecule has 2 rings (SSSR count). The third-order valence-electron chi connectivity index (χ3n) is 4.79. The lowest BCUT2D eigenvalue weighted by molar-refractivity contribution is -0.0267. The molecular weight excluding hydrogens is 236 g/mol. The Morgan fingerprint density at radius 1 is 1.21 bits per heavy atom. The molecule has 1 heterocycles. The number of aliphatic hydroxyl groups is 1. The van der Waals surface area contributed by atoms with Gasteiger partial charge in [-0.3, -0.25) is 4.90 Å². The number of fused-ring (bicyclic) bond motifs is 1. The van der Waals surface area contributed by atoms with Crippen LogP contribution in [0.2, 0.25) is 0 Å². The van der Waals surface area contributed by atoms with Crippen molar-refractivity contribution >= 4 is 0 Å². The van der Waals surface area contributed by atoms with Crippen molar-refractivity contribution in [2.45, 2.75) is 77.0 Å². The summed E-state index contributed by atoms with van der Waals surface area (Å²) in [5.41, 5.74) is -0.608. The first kappa shape index (κ1) is 15.3. The summed E-state index contributed by atoms with van der Waals surface area (Å²) in [5, 5.41) is 14.0. The molecule has 0 spiro atoms. The predicted molar refractivity (Wildman–Crippen MR) is 80.3 cm³/mol. The summed E-state index contributed by atoms with van der Waals surface area (Å²) in [4.78, 5) is 2.58. The minimum absolute atomic E-state index is 0.440. The van der Waals surface area contributed by atoms with Crippen LogP contribution in [0.15, 0.2) is 0 Å². The van der Waals surface area contributed by atoms with E-state index in [0.717, 1.165) is 18.5 Å². The van der Waals surface area contributed by atoms with E-state index in [0.29, 0.717) is 12.6 Å². The van der Waals surface area contributed by atoms with Gasteiger partial charge in [-0.2, -0.15) is 0 Å². The molecule has 0 radical (unpaired) electrons. The highest BCUT2D eigenvalue weighted by Crippen LogP contribution is 2.35. The van der Waals surface area contributed by atoms with Crippen LogP contribution < -0.4 is 5.32 Å². The maximum absolute atomic E-state index is 10.6. The molecular formula is C16H32N2O. The smallest absolute Gasteiger partial charge is 0.0869 e. The molecule has 1 aliphatic carbocycles. The van der Waals surface area contributed by atoms with E-state index in [-0.39, 0.29) is 0 Å². The van der Waals surface area contributed by atoms with Crippen molar-refractivity contribution in [1.29, 1.82) is 0 Å². The summed E-state index contributed by atoms with van der Waals surface area (Å²) >= 11 is 0. The van der Waals surface area contributed by atoms with Crippen LogP contribution >= 0.6 is 0 Å². The van der Waals surface area contributed by atoms with Gasteiger partial charge in [0.2, 0.25) is 0 Å². The Hall–Kier alpha value is -0.120. The van der Waals surface area contributed by atoms with Crippen LogP contribution in [0, 0.1) is 5.92 Å². The highest BCUT2D eigenvalue weighted by atomic mass is 16.3. The van der Waals surface area contributed by atoms with Gasteiger partial charge < -0.3 is 10.4 Å². The third kappa shape index (κ3) is 4.44. The Bertz CT molecular complexity index is 276. The monoisotopic (exact) mass is 268 g/mol. The molecule has 112 valence electrons. The van der Waals surface area contributed by atoms with Crippen LogP contribution in [-0.2, 0) is 0 Å². The first-order chi connectivity index (χ1) is 8.98. The number of rotatable bonds is 5. The Kier molecular flexibility index (Phi) is 5.27. The van der Waals surface area contributed by atoms with E-state index in [2.05, 4.69) is 24.1 Å². The number of β-amino-alcohol motifs (C(OH)–C–C–N with tert-alkyl or cyclic N) is 1. The number of nitrogens with one attached hydrogen (secondary N) is 1. The van der Waals surface area contributed by atoms with E-state index >= 15 is 0 Å². The highest BCUT2D eigenvalue weighted by molar-refractivity contribution is 4.91. The van der Waals surface area contributed by atoms with Gasteiger partial charge in [0.15, 0.2) is 0 Å². The van der Waals surface area contributed by atoms with Crippen LogP contribution in [0.1, 0.15) is 59.3 Å². The number of hydrogen-bond donors (Lipinski definition) is 2. The van der Waals surface area contributed by atoms with Crippen molar-refractivity contribution in [3.63, 3.8) is 0 Å². The number of piperidine rings is 1. The van der Waals surface area contributed by atoms with E-state index in [1.807, 2.05) is 6.92 Å². The first-order valence-electron chi connectivity index (χ1n) is 8.18. The fourth-order valence-electron chi connectivity index (χ4n) is 3.84. The lowest BCUT2D eigenvalue weighted by Crippen LogP contribution is -2.55. The molecule has 2 aliphatic rings. The topological polar surface area (TPSA) is 35.5 Å². The van der Waals surface area contributed by atoms with Crippen molar-refractivity contribution in [3.05, 3.63) is 0 Å². The second kappa shape index (κ2) is 6.55. The molecule has 0 bridgehead atoms. The quantitative estimate of drug-likeness (QED) is 0.803. The molecule has 0 amide bonds. The molecule has 1 aliphatic heterocycles. The molecule has 3 nitrogen and oxygen atoms in total. The molecule has 0 aromatic heterocycles. The Morgan fingerprint density at radius 2 is 1.89 bits per heavy atom. The molecule has 2 fully saturated rings. The molecule has 19 heavy (non-hydrogen) atoms. The summed E-state index contributed by atoms with van der Waals surface area (Å²) in [5.74, 6) is 0.899. The average Bonchev–Trinajstić information content (AvgIpc) is 2.37. The van der Waals surface area contributed by atoms with Crippen LogP contribution in [0.4, 0.5) is 0 Å². The van der Waals surface area contributed by atoms with E-state index in [4.69, 9.17) is 0 Å². The number of nitrogens with zero attached hydrogens (tertiary/aromatic N) is 1. The standard InChI is InChI=1S/C16H32N2O/c1-13(2)17-11-16(3,19)12-18-10-6-8-14-7-4-5-9-15(14)18/h13-15,17,19H,4-12H2,1-3H3/t14-,15-,16?/m1/s1. The Morgan fingerprint density at radius 3 is 2.63 bits per heavy atom. The second-order valence-electron chi connectivity index (χ2n) is 7.26. The van der Waals surface area contributed by atoms with E-state index in [9.17, 15) is 5.11 Å². The summed E-state index contributed by atoms with van der Waals surface area (Å²) in [6, 6.07) is 1.18. The molecule has 2 N–H and O–H groups in total. The van der Waals surface area contributed by atoms with Gasteiger partial charge in [0.1, 0.15) is 0 Å². The maximum atomic E-state index is 10.6. The minimum Gasteiger partial charge on any atom is -0.388 e. The molecule has 0 aromatic rings. The molecule has 3 atom stereocenters. The van der Waals surface area contributed by atoms with Crippen molar-refractivity contribution in [1.82, 2.24) is 10.2 Å². The minimum atomic E-state index is -0.608. The van der Waals surface area contributed by atoms with Crippen LogP contribution in [-0.4, -0.2) is 47.3 Å². The van der Waals surface area contributed by atoms with Gasteiger partial charge in [-0.15, -0.1) is 0 Å². The van der Waals surface area contributed by atoms with Crippen molar-refractivity contribution in [3.8, 4) is 0 Å². The summed E-state index contributed by atoms with van der Waals surface area (Å²) in [6.45, 7) is 8.95. The molecule has 1 saturated carbocycles. The van der Waals surface area contributed by atoms with Crippen LogP contribution in [0.5, 0.6) is 0 Å². The van der Waals surface area contributed by atoms with Gasteiger partial charge in [-0.25, -0.2) is 0 Å². The first-order valence-corrected chi connectivity index (χ1v) is 8.18. The molecule has 3 heteroatoms. The van der Waals surface area contributed by atoms with Gasteiger partial charge in [-0.1, -0.05) is 26.7 Å². The summed E-state index contributed by atoms with van der Waals surface area (Å²) in [7, 11) is 0. The zero-order valence-electron chi connectivity index (χ0n) is 13.0. The largest absolute Gasteiger partial charge is 0.388 e. The summed E-state index contributed by atoms with van der Waals surface area (Å²) < 4.78 is 0. The number of hydrogen-bond acceptors (Lipinski definition) is 3. The lowest BCUT2D eigenvalue weighted by Gasteiger charge is -2.46. The fourth-order valence-corrected chi connectivity index (χ4v) is 3.84. The molecule has 1 saturated heterocycles. The van der Waals surface area contributed by atoms with E-state index < -0.39 is 5.60 Å². The van der Waals surface area contributed by atoms with E-state index in [1.54, 1.807) is 0 Å².